The summed E-state index contributed by atoms with van der Waals surface area (Å²) in [5, 5.41) is 9.29. The van der Waals surface area contributed by atoms with E-state index in [2.05, 4.69) is 19.9 Å². The monoisotopic (exact) mass is 456 g/mol. The van der Waals surface area contributed by atoms with Gasteiger partial charge in [-0.1, -0.05) is 6.07 Å². The van der Waals surface area contributed by atoms with Crippen molar-refractivity contribution in [1.82, 2.24) is 19.9 Å². The molecule has 1 fully saturated rings. The molecule has 0 spiro atoms. The number of nitrogens with zero attached hydrogens (tertiary/aromatic N) is 3. The lowest BCUT2D eigenvalue weighted by Gasteiger charge is -2.13. The number of methoxy groups -OCH3 is 1. The molecule has 0 bridgehead atoms. The van der Waals surface area contributed by atoms with E-state index in [1.165, 1.54) is 0 Å². The fraction of sp³-hybridized carbons (Fsp3) is 0.231. The van der Waals surface area contributed by atoms with Crippen LogP contribution in [0.4, 0.5) is 0 Å². The molecule has 1 aromatic carbocycles. The third-order valence-electron chi connectivity index (χ3n) is 6.18. The molecule has 3 aromatic heterocycles. The normalized spacial score (nSPS) is 13.9. The summed E-state index contributed by atoms with van der Waals surface area (Å²) in [5.74, 6) is 1.11. The summed E-state index contributed by atoms with van der Waals surface area (Å²) in [5.41, 5.74) is 4.73. The average Bonchev–Trinajstić information content (AvgIpc) is 3.51. The van der Waals surface area contributed by atoms with Gasteiger partial charge in [-0.15, -0.1) is 0 Å². The van der Waals surface area contributed by atoms with Crippen LogP contribution in [0.2, 0.25) is 0 Å². The van der Waals surface area contributed by atoms with Crippen LogP contribution in [0.5, 0.6) is 11.6 Å². The zero-order valence-corrected chi connectivity index (χ0v) is 18.9. The summed E-state index contributed by atoms with van der Waals surface area (Å²) in [6.45, 7) is 2.11. The van der Waals surface area contributed by atoms with Gasteiger partial charge in [-0.3, -0.25) is 9.78 Å². The maximum Gasteiger partial charge on any atom is 0.313 e. The molecule has 0 atom stereocenters. The van der Waals surface area contributed by atoms with Crippen molar-refractivity contribution in [3.05, 3.63) is 66.6 Å². The van der Waals surface area contributed by atoms with Gasteiger partial charge >= 0.3 is 5.97 Å². The Balaban J connectivity index is 1.29. The van der Waals surface area contributed by atoms with Crippen LogP contribution in [0.25, 0.3) is 33.9 Å². The zero-order valence-electron chi connectivity index (χ0n) is 18.9. The van der Waals surface area contributed by atoms with E-state index in [9.17, 15) is 9.90 Å². The zero-order chi connectivity index (χ0) is 23.7. The number of rotatable bonds is 8. The summed E-state index contributed by atoms with van der Waals surface area (Å²) in [4.78, 5) is 28.1. The second-order valence-corrected chi connectivity index (χ2v) is 8.52. The number of imidazole rings is 1. The second kappa shape index (κ2) is 8.62. The smallest absolute Gasteiger partial charge is 0.313 e. The van der Waals surface area contributed by atoms with Crippen molar-refractivity contribution < 1.29 is 19.4 Å². The first-order valence-electron chi connectivity index (χ1n) is 11.0. The number of aromatic nitrogens is 4. The van der Waals surface area contributed by atoms with Crippen molar-refractivity contribution in [2.24, 2.45) is 5.41 Å². The Morgan fingerprint density at radius 3 is 2.41 bits per heavy atom. The highest BCUT2D eigenvalue weighted by molar-refractivity contribution is 5.78. The van der Waals surface area contributed by atoms with Gasteiger partial charge in [0.15, 0.2) is 5.82 Å². The van der Waals surface area contributed by atoms with Crippen molar-refractivity contribution in [3.63, 3.8) is 0 Å². The maximum absolute atomic E-state index is 11.3. The molecule has 1 aliphatic carbocycles. The van der Waals surface area contributed by atoms with Crippen molar-refractivity contribution >= 4 is 5.97 Å². The van der Waals surface area contributed by atoms with E-state index in [-0.39, 0.29) is 6.61 Å². The Bertz CT molecular complexity index is 1330. The predicted octanol–water partition coefficient (Wildman–Crippen LogP) is 4.76. The fourth-order valence-electron chi connectivity index (χ4n) is 3.76. The molecular weight excluding hydrogens is 432 g/mol. The van der Waals surface area contributed by atoms with Crippen molar-refractivity contribution in [3.8, 4) is 45.5 Å². The molecule has 1 saturated carbocycles. The van der Waals surface area contributed by atoms with Crippen LogP contribution in [-0.4, -0.2) is 44.7 Å². The Labute approximate surface area is 196 Å². The average molecular weight is 457 g/mol. The number of H-pyrrole nitrogens is 1. The minimum Gasteiger partial charge on any atom is -0.497 e. The molecule has 4 aromatic rings. The number of carboxylic acid groups (broad SMARTS) is 1. The molecule has 2 N–H and O–H groups in total. The van der Waals surface area contributed by atoms with Gasteiger partial charge in [0.25, 0.3) is 0 Å². The largest absolute Gasteiger partial charge is 0.497 e. The topological polar surface area (TPSA) is 110 Å². The first-order valence-corrected chi connectivity index (χ1v) is 11.0. The first kappa shape index (κ1) is 21.6. The van der Waals surface area contributed by atoms with Crippen molar-refractivity contribution in [2.75, 3.05) is 13.7 Å². The second-order valence-electron chi connectivity index (χ2n) is 8.52. The van der Waals surface area contributed by atoms with Gasteiger partial charge in [0, 0.05) is 29.6 Å². The Kier molecular flexibility index (Phi) is 5.49. The number of nitrogens with one attached hydrogen (secondary N) is 1. The van der Waals surface area contributed by atoms with Gasteiger partial charge in [-0.2, -0.15) is 0 Å². The van der Waals surface area contributed by atoms with Crippen LogP contribution in [0.15, 0.2) is 61.1 Å². The lowest BCUT2D eigenvalue weighted by Crippen LogP contribution is -2.23. The maximum atomic E-state index is 11.3. The van der Waals surface area contributed by atoms with Crippen molar-refractivity contribution in [1.29, 1.82) is 0 Å². The molecule has 8 nitrogen and oxygen atoms in total. The van der Waals surface area contributed by atoms with Crippen LogP contribution >= 0.6 is 0 Å². The van der Waals surface area contributed by atoms with E-state index in [1.807, 2.05) is 49.4 Å². The number of pyridine rings is 2. The van der Waals surface area contributed by atoms with Crippen LogP contribution in [0.1, 0.15) is 18.4 Å². The predicted molar refractivity (Wildman–Crippen MR) is 127 cm³/mol. The molecule has 3 heterocycles. The number of hydrogen-bond acceptors (Lipinski definition) is 6. The highest BCUT2D eigenvalue weighted by atomic mass is 16.5. The molecule has 0 amide bonds. The third-order valence-corrected chi connectivity index (χ3v) is 6.18. The molecule has 0 unspecified atom stereocenters. The molecule has 1 aliphatic rings. The number of aromatic amines is 1. The minimum atomic E-state index is -0.806. The number of carboxylic acids is 1. The van der Waals surface area contributed by atoms with Gasteiger partial charge in [0.05, 0.1) is 19.0 Å². The summed E-state index contributed by atoms with van der Waals surface area (Å²) in [6, 6.07) is 13.5. The van der Waals surface area contributed by atoms with Crippen LogP contribution in [0.3, 0.4) is 0 Å². The Morgan fingerprint density at radius 1 is 1.03 bits per heavy atom. The highest BCUT2D eigenvalue weighted by Crippen LogP contribution is 2.46. The summed E-state index contributed by atoms with van der Waals surface area (Å²) in [7, 11) is 1.64. The standard InChI is InChI=1S/C26H24N4O4/c1-16-11-23(34-15-26(9-10-26)25(31)32)28-13-20(16)18-5-8-21(27-12-18)24-29-14-22(30-24)17-3-6-19(33-2)7-4-17/h3-8,11-14H,9-10,15H2,1-2H3,(H,29,30)(H,31,32). The van der Waals surface area contributed by atoms with Gasteiger partial charge in [-0.05, 0) is 61.2 Å². The van der Waals surface area contributed by atoms with E-state index in [1.54, 1.807) is 25.7 Å². The van der Waals surface area contributed by atoms with E-state index in [4.69, 9.17) is 9.47 Å². The van der Waals surface area contributed by atoms with Crippen LogP contribution < -0.4 is 9.47 Å². The minimum absolute atomic E-state index is 0.145. The molecule has 0 saturated heterocycles. The number of ether oxygens (including phenoxy) is 2. The number of aliphatic carboxylic acids is 1. The quantitative estimate of drug-likeness (QED) is 0.393. The number of hydrogen-bond donors (Lipinski definition) is 2. The Morgan fingerprint density at radius 2 is 1.79 bits per heavy atom. The van der Waals surface area contributed by atoms with Gasteiger partial charge in [0.2, 0.25) is 5.88 Å². The SMILES string of the molecule is COc1ccc(-c2cnc(-c3ccc(-c4cnc(OCC5(C(=O)O)CC5)cc4C)cn3)[nH]2)cc1. The summed E-state index contributed by atoms with van der Waals surface area (Å²) < 4.78 is 10.9. The number of benzene rings is 1. The molecule has 0 aliphatic heterocycles. The summed E-state index contributed by atoms with van der Waals surface area (Å²) in [6.07, 6.45) is 6.61. The van der Waals surface area contributed by atoms with Gasteiger partial charge < -0.3 is 19.6 Å². The van der Waals surface area contributed by atoms with E-state index in [0.29, 0.717) is 24.5 Å². The lowest BCUT2D eigenvalue weighted by atomic mass is 10.0. The van der Waals surface area contributed by atoms with Gasteiger partial charge in [-0.25, -0.2) is 9.97 Å². The van der Waals surface area contributed by atoms with Gasteiger partial charge in [0.1, 0.15) is 23.5 Å². The first-order chi connectivity index (χ1) is 16.5. The molecular formula is C26H24N4O4. The fourth-order valence-corrected chi connectivity index (χ4v) is 3.76. The number of aryl methyl sites for hydroxylation is 1. The van der Waals surface area contributed by atoms with E-state index in [0.717, 1.165) is 39.4 Å². The molecule has 34 heavy (non-hydrogen) atoms. The van der Waals surface area contributed by atoms with E-state index >= 15 is 0 Å². The van der Waals surface area contributed by atoms with Crippen LogP contribution in [-0.2, 0) is 4.79 Å². The molecule has 0 radical (unpaired) electrons. The molecule has 8 heteroatoms. The third kappa shape index (κ3) is 4.22. The lowest BCUT2D eigenvalue weighted by molar-refractivity contribution is -0.144. The van der Waals surface area contributed by atoms with Crippen LogP contribution in [0, 0.1) is 12.3 Å². The molecule has 5 rings (SSSR count). The highest BCUT2D eigenvalue weighted by Gasteiger charge is 2.51. The molecule has 172 valence electrons. The summed E-state index contributed by atoms with van der Waals surface area (Å²) >= 11 is 0. The van der Waals surface area contributed by atoms with Crippen molar-refractivity contribution in [2.45, 2.75) is 19.8 Å². The Hall–Kier alpha value is -4.20. The number of carbonyl (C=O) groups is 1. The van der Waals surface area contributed by atoms with E-state index < -0.39 is 11.4 Å².